The van der Waals surface area contributed by atoms with Crippen LogP contribution in [0.25, 0.3) is 0 Å². The summed E-state index contributed by atoms with van der Waals surface area (Å²) in [5.41, 5.74) is -0.594. The Morgan fingerprint density at radius 1 is 1.44 bits per heavy atom. The van der Waals surface area contributed by atoms with E-state index in [9.17, 15) is 9.90 Å². The van der Waals surface area contributed by atoms with E-state index in [-0.39, 0.29) is 5.92 Å². The quantitative estimate of drug-likeness (QED) is 0.716. The van der Waals surface area contributed by atoms with Crippen molar-refractivity contribution in [3.63, 3.8) is 0 Å². The Balaban J connectivity index is 4.43. The van der Waals surface area contributed by atoms with E-state index in [1.54, 1.807) is 26.8 Å². The van der Waals surface area contributed by atoms with Crippen LogP contribution in [0.3, 0.4) is 0 Å². The number of aliphatic hydroxyl groups is 1. The lowest BCUT2D eigenvalue weighted by molar-refractivity contribution is 0.0428. The average molecular weight is 228 g/mol. The molecule has 0 spiro atoms. The number of amides is 1. The topological polar surface area (TPSA) is 82.3 Å². The second kappa shape index (κ2) is 5.71. The van der Waals surface area contributed by atoms with Gasteiger partial charge in [-0.1, -0.05) is 13.8 Å². The summed E-state index contributed by atoms with van der Waals surface area (Å²) >= 11 is 0. The summed E-state index contributed by atoms with van der Waals surface area (Å²) in [6, 6.07) is 1.07. The van der Waals surface area contributed by atoms with E-state index >= 15 is 0 Å². The molecule has 0 aromatic rings. The van der Waals surface area contributed by atoms with Crippen LogP contribution >= 0.6 is 0 Å². The Hall–Kier alpha value is -1.28. The highest BCUT2D eigenvalue weighted by Gasteiger charge is 2.26. The Bertz CT molecular complexity index is 276. The molecule has 0 heterocycles. The van der Waals surface area contributed by atoms with Crippen molar-refractivity contribution in [3.8, 4) is 6.07 Å². The lowest BCUT2D eigenvalue weighted by atomic mass is 10.00. The fourth-order valence-electron chi connectivity index (χ4n) is 1.13. The number of rotatable bonds is 3. The molecule has 0 aromatic carbocycles. The summed E-state index contributed by atoms with van der Waals surface area (Å²) in [6.07, 6.45) is -1.85. The third-order valence-electron chi connectivity index (χ3n) is 1.87. The number of carbonyl (C=O) groups is 1. The highest BCUT2D eigenvalue weighted by molar-refractivity contribution is 5.68. The number of alkyl carbamates (subject to hydrolysis) is 1. The Labute approximate surface area is 96.4 Å². The smallest absolute Gasteiger partial charge is 0.408 e. The molecule has 5 heteroatoms. The molecule has 0 fully saturated rings. The van der Waals surface area contributed by atoms with Gasteiger partial charge in [-0.3, -0.25) is 0 Å². The van der Waals surface area contributed by atoms with E-state index in [0.717, 1.165) is 0 Å². The summed E-state index contributed by atoms with van der Waals surface area (Å²) in [7, 11) is 0. The maximum absolute atomic E-state index is 11.4. The highest BCUT2D eigenvalue weighted by Crippen LogP contribution is 2.10. The van der Waals surface area contributed by atoms with Gasteiger partial charge in [-0.25, -0.2) is 4.79 Å². The van der Waals surface area contributed by atoms with E-state index in [1.165, 1.54) is 0 Å². The van der Waals surface area contributed by atoms with Gasteiger partial charge in [0, 0.05) is 0 Å². The number of nitrogens with zero attached hydrogens (tertiary/aromatic N) is 1. The van der Waals surface area contributed by atoms with Crippen molar-refractivity contribution in [2.24, 2.45) is 5.92 Å². The molecule has 0 saturated carbocycles. The van der Waals surface area contributed by atoms with Crippen LogP contribution in [0.5, 0.6) is 0 Å². The minimum absolute atomic E-state index is 0.0535. The van der Waals surface area contributed by atoms with Crippen LogP contribution in [-0.2, 0) is 4.74 Å². The van der Waals surface area contributed by atoms with Crippen LogP contribution < -0.4 is 5.32 Å². The Morgan fingerprint density at radius 3 is 2.25 bits per heavy atom. The summed E-state index contributed by atoms with van der Waals surface area (Å²) in [5.74, 6) is -0.0535. The molecular formula is C11H20N2O3. The fourth-order valence-corrected chi connectivity index (χ4v) is 1.13. The fraction of sp³-hybridized carbons (Fsp3) is 0.818. The van der Waals surface area contributed by atoms with E-state index < -0.39 is 23.8 Å². The van der Waals surface area contributed by atoms with Crippen molar-refractivity contribution in [3.05, 3.63) is 0 Å². The molecule has 1 unspecified atom stereocenters. The van der Waals surface area contributed by atoms with Gasteiger partial charge in [-0.2, -0.15) is 5.26 Å². The van der Waals surface area contributed by atoms with Crippen LogP contribution in [0, 0.1) is 17.2 Å². The van der Waals surface area contributed by atoms with Gasteiger partial charge in [0.05, 0.1) is 12.1 Å². The maximum atomic E-state index is 11.4. The zero-order valence-corrected chi connectivity index (χ0v) is 10.4. The molecule has 16 heavy (non-hydrogen) atoms. The number of hydrogen-bond donors (Lipinski definition) is 2. The van der Waals surface area contributed by atoms with Gasteiger partial charge in [0.15, 0.2) is 6.10 Å². The van der Waals surface area contributed by atoms with Crippen molar-refractivity contribution in [2.45, 2.75) is 52.4 Å². The molecule has 5 nitrogen and oxygen atoms in total. The van der Waals surface area contributed by atoms with E-state index in [4.69, 9.17) is 10.00 Å². The van der Waals surface area contributed by atoms with Gasteiger partial charge in [0.1, 0.15) is 5.60 Å². The predicted molar refractivity (Wildman–Crippen MR) is 59.6 cm³/mol. The number of nitrogens with one attached hydrogen (secondary N) is 1. The Morgan fingerprint density at radius 2 is 1.94 bits per heavy atom. The molecular weight excluding hydrogens is 208 g/mol. The molecule has 0 aliphatic carbocycles. The minimum atomic E-state index is -1.23. The lowest BCUT2D eigenvalue weighted by Crippen LogP contribution is -2.47. The molecule has 0 aliphatic heterocycles. The van der Waals surface area contributed by atoms with Crippen LogP contribution in [0.4, 0.5) is 4.79 Å². The van der Waals surface area contributed by atoms with Crippen molar-refractivity contribution < 1.29 is 14.6 Å². The molecule has 1 amide bonds. The number of hydrogen-bond acceptors (Lipinski definition) is 4. The molecule has 92 valence electrons. The predicted octanol–water partition coefficient (Wildman–Crippen LogP) is 1.42. The molecule has 0 bridgehead atoms. The van der Waals surface area contributed by atoms with Gasteiger partial charge in [0.25, 0.3) is 0 Å². The zero-order valence-electron chi connectivity index (χ0n) is 10.4. The molecule has 0 aromatic heterocycles. The standard InChI is InChI=1S/C11H20N2O3/c1-7(2)9(8(14)6-12)13-10(15)16-11(3,4)5/h7-9,14H,1-5H3,(H,13,15)/t8?,9-/m0/s1. The summed E-state index contributed by atoms with van der Waals surface area (Å²) in [4.78, 5) is 11.4. The van der Waals surface area contributed by atoms with E-state index in [1.807, 2.05) is 13.8 Å². The van der Waals surface area contributed by atoms with Crippen molar-refractivity contribution in [2.75, 3.05) is 0 Å². The average Bonchev–Trinajstić information content (AvgIpc) is 2.09. The first-order chi connectivity index (χ1) is 7.17. The van der Waals surface area contributed by atoms with Crippen LogP contribution in [0.15, 0.2) is 0 Å². The van der Waals surface area contributed by atoms with Crippen LogP contribution in [-0.4, -0.2) is 28.9 Å². The summed E-state index contributed by atoms with van der Waals surface area (Å²) < 4.78 is 5.04. The van der Waals surface area contributed by atoms with Crippen molar-refractivity contribution in [1.82, 2.24) is 5.32 Å². The van der Waals surface area contributed by atoms with Crippen LogP contribution in [0.2, 0.25) is 0 Å². The summed E-state index contributed by atoms with van der Waals surface area (Å²) in [6.45, 7) is 8.86. The normalized spacial score (nSPS) is 15.1. The van der Waals surface area contributed by atoms with E-state index in [0.29, 0.717) is 0 Å². The second-order valence-electron chi connectivity index (χ2n) is 4.99. The molecule has 0 saturated heterocycles. The molecule has 2 N–H and O–H groups in total. The monoisotopic (exact) mass is 228 g/mol. The first-order valence-electron chi connectivity index (χ1n) is 5.24. The highest BCUT2D eigenvalue weighted by atomic mass is 16.6. The molecule has 0 rings (SSSR count). The Kier molecular flexibility index (Phi) is 5.25. The maximum Gasteiger partial charge on any atom is 0.408 e. The first-order valence-corrected chi connectivity index (χ1v) is 5.24. The SMILES string of the molecule is CC(C)[C@H](NC(=O)OC(C)(C)C)C(O)C#N. The van der Waals surface area contributed by atoms with Gasteiger partial charge in [-0.05, 0) is 26.7 Å². The van der Waals surface area contributed by atoms with Crippen LogP contribution in [0.1, 0.15) is 34.6 Å². The van der Waals surface area contributed by atoms with Gasteiger partial charge in [-0.15, -0.1) is 0 Å². The zero-order chi connectivity index (χ0) is 12.9. The summed E-state index contributed by atoms with van der Waals surface area (Å²) in [5, 5.41) is 20.5. The molecule has 2 atom stereocenters. The van der Waals surface area contributed by atoms with Crippen molar-refractivity contribution >= 4 is 6.09 Å². The largest absolute Gasteiger partial charge is 0.444 e. The number of carbonyl (C=O) groups excluding carboxylic acids is 1. The van der Waals surface area contributed by atoms with Gasteiger partial charge >= 0.3 is 6.09 Å². The van der Waals surface area contributed by atoms with E-state index in [2.05, 4.69) is 5.32 Å². The molecule has 0 aliphatic rings. The number of aliphatic hydroxyl groups excluding tert-OH is 1. The first kappa shape index (κ1) is 14.7. The van der Waals surface area contributed by atoms with Gasteiger partial charge < -0.3 is 15.2 Å². The third-order valence-corrected chi connectivity index (χ3v) is 1.87. The number of nitriles is 1. The minimum Gasteiger partial charge on any atom is -0.444 e. The molecule has 0 radical (unpaired) electrons. The number of ether oxygens (including phenoxy) is 1. The second-order valence-corrected chi connectivity index (χ2v) is 4.99. The third kappa shape index (κ3) is 5.56. The van der Waals surface area contributed by atoms with Crippen molar-refractivity contribution in [1.29, 1.82) is 5.26 Å². The lowest BCUT2D eigenvalue weighted by Gasteiger charge is -2.26. The van der Waals surface area contributed by atoms with Gasteiger partial charge in [0.2, 0.25) is 0 Å².